The van der Waals surface area contributed by atoms with Crippen molar-refractivity contribution in [3.8, 4) is 17.2 Å². The van der Waals surface area contributed by atoms with Crippen LogP contribution in [0.1, 0.15) is 39.6 Å². The van der Waals surface area contributed by atoms with Gasteiger partial charge in [-0.15, -0.1) is 11.3 Å². The molecular formula is C24H17F3N2O6S. The van der Waals surface area contributed by atoms with Crippen LogP contribution in [0.2, 0.25) is 0 Å². The van der Waals surface area contributed by atoms with Crippen molar-refractivity contribution in [3.05, 3.63) is 83.9 Å². The molecule has 1 saturated carbocycles. The topological polar surface area (TPSA) is 111 Å². The lowest BCUT2D eigenvalue weighted by atomic mass is 10.1. The molecule has 0 aliphatic heterocycles. The predicted octanol–water partition coefficient (Wildman–Crippen LogP) is 4.32. The zero-order valence-electron chi connectivity index (χ0n) is 18.6. The summed E-state index contributed by atoms with van der Waals surface area (Å²) in [6.07, 6.45) is 1.49. The summed E-state index contributed by atoms with van der Waals surface area (Å²) in [5, 5.41) is 10.4. The number of rotatable bonds is 7. The summed E-state index contributed by atoms with van der Waals surface area (Å²) in [5.41, 5.74) is -2.22. The number of ether oxygens (including phenoxy) is 2. The molecule has 186 valence electrons. The highest BCUT2D eigenvalue weighted by Crippen LogP contribution is 2.45. The Morgan fingerprint density at radius 1 is 1.17 bits per heavy atom. The van der Waals surface area contributed by atoms with Gasteiger partial charge in [-0.2, -0.15) is 0 Å². The number of carbonyl (C=O) groups is 1. The van der Waals surface area contributed by atoms with Gasteiger partial charge >= 0.3 is 11.7 Å². The van der Waals surface area contributed by atoms with Gasteiger partial charge in [0, 0.05) is 17.0 Å². The summed E-state index contributed by atoms with van der Waals surface area (Å²) in [5.74, 6) is -4.48. The van der Waals surface area contributed by atoms with Gasteiger partial charge in [0.15, 0.2) is 11.6 Å². The molecule has 0 unspecified atom stereocenters. The first-order chi connectivity index (χ1) is 17.2. The Bertz CT molecular complexity index is 1650. The number of methoxy groups -OCH3 is 1. The van der Waals surface area contributed by atoms with Crippen molar-refractivity contribution in [1.29, 1.82) is 0 Å². The normalized spacial score (nSPS) is 13.2. The standard InChI is InChI=1S/C24H17F3N2O6S/c1-34-17-5-4-13(25)20(27)12(17)8-35-18-7-16(14(26)6-11(18)10-2-3-10)29-22(30)19-15(28-24(29)33)9-36-21(19)23(31)32/h4-7,9-10H,2-3,8H2,1H3,(H,28,33)(H,31,32). The highest BCUT2D eigenvalue weighted by atomic mass is 32.1. The van der Waals surface area contributed by atoms with E-state index in [0.29, 0.717) is 10.1 Å². The second kappa shape index (κ2) is 8.86. The molecule has 2 N–H and O–H groups in total. The Kier molecular flexibility index (Phi) is 5.83. The summed E-state index contributed by atoms with van der Waals surface area (Å²) in [6.45, 7) is -0.477. The van der Waals surface area contributed by atoms with Crippen LogP contribution in [-0.4, -0.2) is 27.7 Å². The number of aromatic nitrogens is 2. The average Bonchev–Trinajstić information content (AvgIpc) is 3.59. The Morgan fingerprint density at radius 3 is 2.58 bits per heavy atom. The first kappa shape index (κ1) is 23.7. The van der Waals surface area contributed by atoms with E-state index < -0.39 is 47.0 Å². The fourth-order valence-corrected chi connectivity index (χ4v) is 4.86. The van der Waals surface area contributed by atoms with E-state index in [1.807, 2.05) is 0 Å². The highest BCUT2D eigenvalue weighted by molar-refractivity contribution is 7.13. The van der Waals surface area contributed by atoms with Crippen molar-refractivity contribution in [2.24, 2.45) is 0 Å². The molecule has 1 fully saturated rings. The van der Waals surface area contributed by atoms with Crippen molar-refractivity contribution in [1.82, 2.24) is 9.55 Å². The van der Waals surface area contributed by atoms with Crippen molar-refractivity contribution in [2.75, 3.05) is 7.11 Å². The Labute approximate surface area is 204 Å². The SMILES string of the molecule is COc1ccc(F)c(F)c1COc1cc(-n2c(=O)[nH]c3csc(C(=O)O)c3c2=O)c(F)cc1C1CC1. The monoisotopic (exact) mass is 518 g/mol. The van der Waals surface area contributed by atoms with E-state index in [0.717, 1.165) is 42.4 Å². The summed E-state index contributed by atoms with van der Waals surface area (Å²) in [7, 11) is 1.28. The first-order valence-electron chi connectivity index (χ1n) is 10.7. The molecule has 8 nitrogen and oxygen atoms in total. The minimum atomic E-state index is -1.37. The maximum absolute atomic E-state index is 15.2. The van der Waals surface area contributed by atoms with Gasteiger partial charge in [-0.05, 0) is 37.0 Å². The molecule has 4 aromatic rings. The molecule has 0 amide bonds. The number of hydrogen-bond acceptors (Lipinski definition) is 6. The van der Waals surface area contributed by atoms with Crippen LogP contribution in [0.15, 0.2) is 39.2 Å². The highest BCUT2D eigenvalue weighted by Gasteiger charge is 2.30. The summed E-state index contributed by atoms with van der Waals surface area (Å²) in [4.78, 5) is 39.5. The van der Waals surface area contributed by atoms with Crippen LogP contribution in [-0.2, 0) is 6.61 Å². The summed E-state index contributed by atoms with van der Waals surface area (Å²) >= 11 is 0.752. The van der Waals surface area contributed by atoms with Gasteiger partial charge in [0.25, 0.3) is 5.56 Å². The summed E-state index contributed by atoms with van der Waals surface area (Å²) in [6, 6.07) is 4.41. The van der Waals surface area contributed by atoms with Crippen LogP contribution in [0.4, 0.5) is 13.2 Å². The number of benzene rings is 2. The van der Waals surface area contributed by atoms with Gasteiger partial charge in [-0.3, -0.25) is 4.79 Å². The number of fused-ring (bicyclic) bond motifs is 1. The Morgan fingerprint density at radius 2 is 1.92 bits per heavy atom. The lowest BCUT2D eigenvalue weighted by Gasteiger charge is -2.16. The first-order valence-corrected chi connectivity index (χ1v) is 11.6. The van der Waals surface area contributed by atoms with Crippen LogP contribution < -0.4 is 20.7 Å². The minimum absolute atomic E-state index is 0.0174. The molecule has 36 heavy (non-hydrogen) atoms. The third kappa shape index (κ3) is 3.92. The molecule has 1 aliphatic carbocycles. The minimum Gasteiger partial charge on any atom is -0.496 e. The average molecular weight is 518 g/mol. The summed E-state index contributed by atoms with van der Waals surface area (Å²) < 4.78 is 54.8. The number of carboxylic acids is 1. The van der Waals surface area contributed by atoms with E-state index in [-0.39, 0.29) is 38.8 Å². The fourth-order valence-electron chi connectivity index (χ4n) is 4.03. The van der Waals surface area contributed by atoms with E-state index in [4.69, 9.17) is 9.47 Å². The van der Waals surface area contributed by atoms with E-state index >= 15 is 4.39 Å². The maximum Gasteiger partial charge on any atom is 0.346 e. The van der Waals surface area contributed by atoms with Crippen LogP contribution in [0.5, 0.6) is 11.5 Å². The number of nitrogens with zero attached hydrogens (tertiary/aromatic N) is 1. The molecule has 0 bridgehead atoms. The van der Waals surface area contributed by atoms with E-state index in [1.54, 1.807) is 0 Å². The second-order valence-corrected chi connectivity index (χ2v) is 9.06. The third-order valence-electron chi connectivity index (χ3n) is 5.93. The molecule has 12 heteroatoms. The molecule has 0 spiro atoms. The molecular weight excluding hydrogens is 501 g/mol. The van der Waals surface area contributed by atoms with Gasteiger partial charge < -0.3 is 19.6 Å². The van der Waals surface area contributed by atoms with Gasteiger partial charge in [0.05, 0.1) is 29.3 Å². The van der Waals surface area contributed by atoms with Crippen molar-refractivity contribution in [3.63, 3.8) is 0 Å². The molecule has 0 radical (unpaired) electrons. The predicted molar refractivity (Wildman–Crippen MR) is 124 cm³/mol. The van der Waals surface area contributed by atoms with Crippen molar-refractivity contribution in [2.45, 2.75) is 25.4 Å². The van der Waals surface area contributed by atoms with Gasteiger partial charge in [0.1, 0.15) is 28.8 Å². The van der Waals surface area contributed by atoms with Crippen molar-refractivity contribution >= 4 is 28.2 Å². The van der Waals surface area contributed by atoms with Gasteiger partial charge in [-0.25, -0.2) is 27.3 Å². The van der Waals surface area contributed by atoms with Crippen LogP contribution in [0.3, 0.4) is 0 Å². The van der Waals surface area contributed by atoms with Gasteiger partial charge in [0.2, 0.25) is 0 Å². The molecule has 2 heterocycles. The maximum atomic E-state index is 15.2. The molecule has 2 aromatic carbocycles. The number of hydrogen-bond donors (Lipinski definition) is 2. The van der Waals surface area contributed by atoms with Crippen molar-refractivity contribution < 1.29 is 32.5 Å². The quantitative estimate of drug-likeness (QED) is 0.377. The lowest BCUT2D eigenvalue weighted by Crippen LogP contribution is -2.34. The molecule has 0 saturated heterocycles. The van der Waals surface area contributed by atoms with E-state index in [9.17, 15) is 28.3 Å². The molecule has 5 rings (SSSR count). The smallest absolute Gasteiger partial charge is 0.346 e. The molecule has 2 aromatic heterocycles. The van der Waals surface area contributed by atoms with Gasteiger partial charge in [-0.1, -0.05) is 0 Å². The lowest BCUT2D eigenvalue weighted by molar-refractivity contribution is 0.0704. The van der Waals surface area contributed by atoms with Crippen LogP contribution in [0, 0.1) is 17.5 Å². The Hall–Kier alpha value is -4.06. The molecule has 0 atom stereocenters. The van der Waals surface area contributed by atoms with Crippen LogP contribution >= 0.6 is 11.3 Å². The zero-order valence-corrected chi connectivity index (χ0v) is 19.4. The Balaban J connectivity index is 1.64. The second-order valence-electron chi connectivity index (χ2n) is 8.18. The number of thiophene rings is 1. The van der Waals surface area contributed by atoms with E-state index in [2.05, 4.69) is 4.98 Å². The number of aromatic amines is 1. The van der Waals surface area contributed by atoms with Crippen LogP contribution in [0.25, 0.3) is 16.6 Å². The largest absolute Gasteiger partial charge is 0.496 e. The zero-order chi connectivity index (χ0) is 25.7. The number of halogens is 3. The fraction of sp³-hybridized carbons (Fsp3) is 0.208. The number of nitrogens with one attached hydrogen (secondary N) is 1. The number of carboxylic acid groups (broad SMARTS) is 1. The van der Waals surface area contributed by atoms with E-state index in [1.165, 1.54) is 18.6 Å². The molecule has 1 aliphatic rings. The number of aromatic carboxylic acids is 1. The number of H-pyrrole nitrogens is 1. The third-order valence-corrected chi connectivity index (χ3v) is 6.90.